The van der Waals surface area contributed by atoms with E-state index in [2.05, 4.69) is 15.3 Å². The van der Waals surface area contributed by atoms with E-state index in [9.17, 15) is 5.11 Å². The van der Waals surface area contributed by atoms with Crippen LogP contribution in [0.25, 0.3) is 0 Å². The van der Waals surface area contributed by atoms with Gasteiger partial charge < -0.3 is 10.4 Å². The molecule has 0 radical (unpaired) electrons. The summed E-state index contributed by atoms with van der Waals surface area (Å²) in [5, 5.41) is 14.6. The molecule has 4 nitrogen and oxygen atoms in total. The third-order valence-electron chi connectivity index (χ3n) is 4.90. The molecule has 0 aliphatic heterocycles. The van der Waals surface area contributed by atoms with Crippen molar-refractivity contribution in [3.63, 3.8) is 0 Å². The monoisotopic (exact) mass is 261 g/mol. The Morgan fingerprint density at radius 2 is 1.95 bits per heavy atom. The van der Waals surface area contributed by atoms with E-state index in [1.165, 1.54) is 32.1 Å². The van der Waals surface area contributed by atoms with Crippen molar-refractivity contribution in [1.82, 2.24) is 15.3 Å². The van der Waals surface area contributed by atoms with Crippen LogP contribution in [0.5, 0.6) is 0 Å². The number of rotatable bonds is 3. The predicted octanol–water partition coefficient (Wildman–Crippen LogP) is 2.04. The highest BCUT2D eigenvalue weighted by Gasteiger charge is 2.46. The molecule has 19 heavy (non-hydrogen) atoms. The summed E-state index contributed by atoms with van der Waals surface area (Å²) < 4.78 is 0. The lowest BCUT2D eigenvalue weighted by atomic mass is 9.65. The van der Waals surface area contributed by atoms with Crippen LogP contribution in [0, 0.1) is 5.92 Å². The van der Waals surface area contributed by atoms with Gasteiger partial charge in [0, 0.05) is 30.5 Å². The summed E-state index contributed by atoms with van der Waals surface area (Å²) in [5.41, 5.74) is 0.607. The van der Waals surface area contributed by atoms with E-state index in [4.69, 9.17) is 0 Å². The number of aromatic nitrogens is 2. The Labute approximate surface area is 114 Å². The summed E-state index contributed by atoms with van der Waals surface area (Å²) >= 11 is 0. The maximum absolute atomic E-state index is 11.0. The van der Waals surface area contributed by atoms with Crippen LogP contribution in [-0.4, -0.2) is 26.7 Å². The molecule has 0 spiro atoms. The minimum absolute atomic E-state index is 0.228. The fourth-order valence-corrected chi connectivity index (χ4v) is 3.87. The van der Waals surface area contributed by atoms with Gasteiger partial charge in [-0.25, -0.2) is 9.97 Å². The standard InChI is InChI=1S/C15H23N3O/c19-15-7-2-1-4-13(15)5-3-6-14(15)18-10-12-8-16-11-17-9-12/h8-9,11,13-14,18-19H,1-7,10H2. The maximum Gasteiger partial charge on any atom is 0.115 e. The molecule has 1 heterocycles. The van der Waals surface area contributed by atoms with Crippen molar-refractivity contribution in [2.24, 2.45) is 5.92 Å². The van der Waals surface area contributed by atoms with Gasteiger partial charge >= 0.3 is 0 Å². The number of aliphatic hydroxyl groups is 1. The van der Waals surface area contributed by atoms with Crippen LogP contribution in [0.4, 0.5) is 0 Å². The van der Waals surface area contributed by atoms with Crippen LogP contribution in [0.15, 0.2) is 18.7 Å². The quantitative estimate of drug-likeness (QED) is 0.874. The zero-order valence-electron chi connectivity index (χ0n) is 11.4. The summed E-state index contributed by atoms with van der Waals surface area (Å²) in [6, 6.07) is 0.228. The van der Waals surface area contributed by atoms with Crippen molar-refractivity contribution in [3.8, 4) is 0 Å². The molecule has 2 saturated carbocycles. The highest BCUT2D eigenvalue weighted by atomic mass is 16.3. The molecular weight excluding hydrogens is 238 g/mol. The average Bonchev–Trinajstić information content (AvgIpc) is 2.46. The second kappa shape index (κ2) is 5.55. The molecule has 1 aromatic heterocycles. The van der Waals surface area contributed by atoms with Crippen LogP contribution in [0.2, 0.25) is 0 Å². The van der Waals surface area contributed by atoms with E-state index in [1.807, 2.05) is 12.4 Å². The van der Waals surface area contributed by atoms with Crippen molar-refractivity contribution in [1.29, 1.82) is 0 Å². The average molecular weight is 261 g/mol. The molecule has 3 atom stereocenters. The first-order valence-electron chi connectivity index (χ1n) is 7.49. The van der Waals surface area contributed by atoms with Gasteiger partial charge in [-0.15, -0.1) is 0 Å². The van der Waals surface area contributed by atoms with Crippen LogP contribution >= 0.6 is 0 Å². The molecule has 0 bridgehead atoms. The van der Waals surface area contributed by atoms with Gasteiger partial charge in [0.1, 0.15) is 6.33 Å². The Hall–Kier alpha value is -1.00. The van der Waals surface area contributed by atoms with E-state index in [1.54, 1.807) is 6.33 Å². The summed E-state index contributed by atoms with van der Waals surface area (Å²) in [4.78, 5) is 8.07. The predicted molar refractivity (Wildman–Crippen MR) is 73.4 cm³/mol. The van der Waals surface area contributed by atoms with Gasteiger partial charge in [0.15, 0.2) is 0 Å². The van der Waals surface area contributed by atoms with Crippen molar-refractivity contribution < 1.29 is 5.11 Å². The molecule has 4 heteroatoms. The first-order chi connectivity index (χ1) is 9.29. The Bertz CT molecular complexity index is 409. The zero-order chi connectivity index (χ0) is 13.1. The molecule has 0 aromatic carbocycles. The number of nitrogens with one attached hydrogen (secondary N) is 1. The van der Waals surface area contributed by atoms with Gasteiger partial charge in [-0.3, -0.25) is 0 Å². The van der Waals surface area contributed by atoms with Crippen LogP contribution in [0.3, 0.4) is 0 Å². The van der Waals surface area contributed by atoms with E-state index < -0.39 is 5.60 Å². The number of hydrogen-bond donors (Lipinski definition) is 2. The van der Waals surface area contributed by atoms with Crippen molar-refractivity contribution >= 4 is 0 Å². The summed E-state index contributed by atoms with van der Waals surface area (Å²) in [5.74, 6) is 0.500. The Morgan fingerprint density at radius 3 is 2.79 bits per heavy atom. The number of hydrogen-bond acceptors (Lipinski definition) is 4. The molecular formula is C15H23N3O. The number of fused-ring (bicyclic) bond motifs is 1. The van der Waals surface area contributed by atoms with Gasteiger partial charge in [-0.2, -0.15) is 0 Å². The lowest BCUT2D eigenvalue weighted by Crippen LogP contribution is -2.58. The van der Waals surface area contributed by atoms with Gasteiger partial charge in [0.2, 0.25) is 0 Å². The van der Waals surface area contributed by atoms with Crippen LogP contribution in [-0.2, 0) is 6.54 Å². The van der Waals surface area contributed by atoms with Gasteiger partial charge in [0.05, 0.1) is 5.60 Å². The Kier molecular flexibility index (Phi) is 3.80. The molecule has 2 aliphatic rings. The third-order valence-corrected chi connectivity index (χ3v) is 4.90. The van der Waals surface area contributed by atoms with E-state index >= 15 is 0 Å². The fraction of sp³-hybridized carbons (Fsp3) is 0.733. The minimum atomic E-state index is -0.480. The molecule has 104 valence electrons. The first kappa shape index (κ1) is 13.0. The van der Waals surface area contributed by atoms with E-state index in [0.29, 0.717) is 5.92 Å². The third kappa shape index (κ3) is 2.65. The summed E-state index contributed by atoms with van der Waals surface area (Å²) in [6.07, 6.45) is 13.3. The summed E-state index contributed by atoms with van der Waals surface area (Å²) in [7, 11) is 0. The van der Waals surface area contributed by atoms with E-state index in [-0.39, 0.29) is 6.04 Å². The van der Waals surface area contributed by atoms with E-state index in [0.717, 1.165) is 24.9 Å². The Balaban J connectivity index is 1.66. The lowest BCUT2D eigenvalue weighted by molar-refractivity contribution is -0.0989. The van der Waals surface area contributed by atoms with Crippen molar-refractivity contribution in [2.45, 2.75) is 63.1 Å². The van der Waals surface area contributed by atoms with Gasteiger partial charge in [-0.1, -0.05) is 19.3 Å². The molecule has 1 aromatic rings. The van der Waals surface area contributed by atoms with Crippen molar-refractivity contribution in [2.75, 3.05) is 0 Å². The molecule has 2 aliphatic carbocycles. The topological polar surface area (TPSA) is 58.0 Å². The normalized spacial score (nSPS) is 34.8. The molecule has 2 N–H and O–H groups in total. The smallest absolute Gasteiger partial charge is 0.115 e. The minimum Gasteiger partial charge on any atom is -0.388 e. The molecule has 3 unspecified atom stereocenters. The highest BCUT2D eigenvalue weighted by molar-refractivity contribution is 5.06. The van der Waals surface area contributed by atoms with Gasteiger partial charge in [0.25, 0.3) is 0 Å². The second-order valence-corrected chi connectivity index (χ2v) is 6.05. The lowest BCUT2D eigenvalue weighted by Gasteiger charge is -2.49. The summed E-state index contributed by atoms with van der Waals surface area (Å²) in [6.45, 7) is 0.751. The Morgan fingerprint density at radius 1 is 1.16 bits per heavy atom. The zero-order valence-corrected chi connectivity index (χ0v) is 11.4. The SMILES string of the molecule is OC12CCCCC1CCCC2NCc1cncnc1. The van der Waals surface area contributed by atoms with Crippen LogP contribution < -0.4 is 5.32 Å². The highest BCUT2D eigenvalue weighted by Crippen LogP contribution is 2.43. The second-order valence-electron chi connectivity index (χ2n) is 6.05. The molecule has 0 saturated heterocycles. The molecule has 2 fully saturated rings. The van der Waals surface area contributed by atoms with Crippen LogP contribution in [0.1, 0.15) is 50.5 Å². The largest absolute Gasteiger partial charge is 0.388 e. The molecule has 3 rings (SSSR count). The van der Waals surface area contributed by atoms with Gasteiger partial charge in [-0.05, 0) is 31.6 Å². The first-order valence-corrected chi connectivity index (χ1v) is 7.49. The maximum atomic E-state index is 11.0. The fourth-order valence-electron chi connectivity index (χ4n) is 3.87. The molecule has 0 amide bonds. The van der Waals surface area contributed by atoms with Crippen molar-refractivity contribution in [3.05, 3.63) is 24.3 Å². The number of nitrogens with zero attached hydrogens (tertiary/aromatic N) is 2.